The van der Waals surface area contributed by atoms with Crippen LogP contribution >= 0.6 is 0 Å². The van der Waals surface area contributed by atoms with E-state index in [9.17, 15) is 4.39 Å². The van der Waals surface area contributed by atoms with Crippen LogP contribution in [0.1, 0.15) is 18.6 Å². The molecule has 2 N–H and O–H groups in total. The third-order valence-electron chi connectivity index (χ3n) is 1.80. The van der Waals surface area contributed by atoms with Crippen LogP contribution in [0.4, 0.5) is 4.39 Å². The van der Waals surface area contributed by atoms with E-state index in [4.69, 9.17) is 10.5 Å². The van der Waals surface area contributed by atoms with E-state index in [0.717, 1.165) is 5.56 Å². The van der Waals surface area contributed by atoms with Crippen LogP contribution in [0.2, 0.25) is 0 Å². The van der Waals surface area contributed by atoms with Crippen LogP contribution in [0, 0.1) is 5.82 Å². The van der Waals surface area contributed by atoms with E-state index < -0.39 is 0 Å². The Morgan fingerprint density at radius 1 is 1.54 bits per heavy atom. The summed E-state index contributed by atoms with van der Waals surface area (Å²) in [6.07, 6.45) is -0.194. The SMILES string of the molecule is CCO[C@@H](CN)c1cccc(F)c1. The molecule has 3 heteroatoms. The van der Waals surface area contributed by atoms with Crippen molar-refractivity contribution in [1.82, 2.24) is 0 Å². The molecule has 0 unspecified atom stereocenters. The largest absolute Gasteiger partial charge is 0.372 e. The molecule has 0 aliphatic heterocycles. The van der Waals surface area contributed by atoms with Crippen LogP contribution in [0.5, 0.6) is 0 Å². The molecule has 0 bridgehead atoms. The van der Waals surface area contributed by atoms with Crippen molar-refractivity contribution in [3.8, 4) is 0 Å². The van der Waals surface area contributed by atoms with Gasteiger partial charge in [-0.3, -0.25) is 0 Å². The summed E-state index contributed by atoms with van der Waals surface area (Å²) < 4.78 is 18.1. The van der Waals surface area contributed by atoms with Crippen molar-refractivity contribution in [3.63, 3.8) is 0 Å². The van der Waals surface area contributed by atoms with Crippen molar-refractivity contribution in [2.45, 2.75) is 13.0 Å². The van der Waals surface area contributed by atoms with Gasteiger partial charge in [-0.2, -0.15) is 0 Å². The minimum atomic E-state index is -0.254. The molecule has 1 aromatic rings. The van der Waals surface area contributed by atoms with E-state index in [2.05, 4.69) is 0 Å². The van der Waals surface area contributed by atoms with Gasteiger partial charge in [0.15, 0.2) is 0 Å². The number of benzene rings is 1. The average Bonchev–Trinajstić information content (AvgIpc) is 2.14. The summed E-state index contributed by atoms with van der Waals surface area (Å²) in [4.78, 5) is 0. The van der Waals surface area contributed by atoms with Gasteiger partial charge in [0, 0.05) is 13.2 Å². The lowest BCUT2D eigenvalue weighted by atomic mass is 10.1. The summed E-state index contributed by atoms with van der Waals surface area (Å²) in [7, 11) is 0. The minimum absolute atomic E-state index is 0.194. The zero-order chi connectivity index (χ0) is 9.68. The third-order valence-corrected chi connectivity index (χ3v) is 1.80. The van der Waals surface area contributed by atoms with Crippen molar-refractivity contribution < 1.29 is 9.13 Å². The predicted molar refractivity (Wildman–Crippen MR) is 49.8 cm³/mol. The molecule has 0 aliphatic rings. The Hall–Kier alpha value is -0.930. The van der Waals surface area contributed by atoms with Crippen LogP contribution < -0.4 is 5.73 Å². The lowest BCUT2D eigenvalue weighted by molar-refractivity contribution is 0.0686. The van der Waals surface area contributed by atoms with Gasteiger partial charge in [0.05, 0.1) is 6.10 Å². The molecule has 1 rings (SSSR count). The van der Waals surface area contributed by atoms with Crippen molar-refractivity contribution in [2.75, 3.05) is 13.2 Å². The Kier molecular flexibility index (Phi) is 3.86. The van der Waals surface area contributed by atoms with E-state index in [1.807, 2.05) is 13.0 Å². The molecule has 0 saturated heterocycles. The molecule has 2 nitrogen and oxygen atoms in total. The van der Waals surface area contributed by atoms with Crippen LogP contribution in [0.25, 0.3) is 0 Å². The molecular weight excluding hydrogens is 169 g/mol. The van der Waals surface area contributed by atoms with Gasteiger partial charge in [-0.15, -0.1) is 0 Å². The molecule has 0 spiro atoms. The van der Waals surface area contributed by atoms with Crippen molar-refractivity contribution in [3.05, 3.63) is 35.6 Å². The van der Waals surface area contributed by atoms with E-state index in [-0.39, 0.29) is 11.9 Å². The number of halogens is 1. The highest BCUT2D eigenvalue weighted by molar-refractivity contribution is 5.19. The van der Waals surface area contributed by atoms with Crippen molar-refractivity contribution in [2.24, 2.45) is 5.73 Å². The molecular formula is C10H14FNO. The Balaban J connectivity index is 2.78. The molecule has 0 aliphatic carbocycles. The fourth-order valence-electron chi connectivity index (χ4n) is 1.21. The molecule has 1 aromatic carbocycles. The van der Waals surface area contributed by atoms with Crippen LogP contribution in [-0.2, 0) is 4.74 Å². The van der Waals surface area contributed by atoms with Gasteiger partial charge in [-0.05, 0) is 24.6 Å². The van der Waals surface area contributed by atoms with Crippen molar-refractivity contribution >= 4 is 0 Å². The Labute approximate surface area is 77.5 Å². The second kappa shape index (κ2) is 4.94. The van der Waals surface area contributed by atoms with Gasteiger partial charge in [-0.25, -0.2) is 4.39 Å². The number of rotatable bonds is 4. The highest BCUT2D eigenvalue weighted by Gasteiger charge is 2.08. The standard InChI is InChI=1S/C10H14FNO/c1-2-13-10(7-12)8-4-3-5-9(11)6-8/h3-6,10H,2,7,12H2,1H3/t10-/m0/s1. The van der Waals surface area contributed by atoms with Crippen LogP contribution in [0.3, 0.4) is 0 Å². The summed E-state index contributed by atoms with van der Waals surface area (Å²) >= 11 is 0. The maximum absolute atomic E-state index is 12.8. The van der Waals surface area contributed by atoms with Gasteiger partial charge in [-0.1, -0.05) is 12.1 Å². The van der Waals surface area contributed by atoms with Gasteiger partial charge < -0.3 is 10.5 Å². The summed E-state index contributed by atoms with van der Waals surface area (Å²) in [5.41, 5.74) is 6.29. The van der Waals surface area contributed by atoms with E-state index in [1.54, 1.807) is 6.07 Å². The summed E-state index contributed by atoms with van der Waals surface area (Å²) in [5, 5.41) is 0. The number of ether oxygens (including phenoxy) is 1. The first-order valence-electron chi connectivity index (χ1n) is 4.35. The Bertz CT molecular complexity index is 265. The smallest absolute Gasteiger partial charge is 0.123 e. The minimum Gasteiger partial charge on any atom is -0.372 e. The average molecular weight is 183 g/mol. The summed E-state index contributed by atoms with van der Waals surface area (Å²) in [5.74, 6) is -0.254. The zero-order valence-electron chi connectivity index (χ0n) is 7.66. The molecule has 0 amide bonds. The fourth-order valence-corrected chi connectivity index (χ4v) is 1.21. The maximum Gasteiger partial charge on any atom is 0.123 e. The molecule has 13 heavy (non-hydrogen) atoms. The quantitative estimate of drug-likeness (QED) is 0.773. The second-order valence-corrected chi connectivity index (χ2v) is 2.73. The zero-order valence-corrected chi connectivity index (χ0v) is 7.66. The molecule has 0 radical (unpaired) electrons. The lowest BCUT2D eigenvalue weighted by Crippen LogP contribution is -2.15. The van der Waals surface area contributed by atoms with Gasteiger partial charge >= 0.3 is 0 Å². The molecule has 72 valence electrons. The normalized spacial score (nSPS) is 12.8. The second-order valence-electron chi connectivity index (χ2n) is 2.73. The van der Waals surface area contributed by atoms with E-state index in [1.165, 1.54) is 12.1 Å². The highest BCUT2D eigenvalue weighted by Crippen LogP contribution is 2.16. The fraction of sp³-hybridized carbons (Fsp3) is 0.400. The molecule has 0 heterocycles. The maximum atomic E-state index is 12.8. The first-order valence-corrected chi connectivity index (χ1v) is 4.35. The predicted octanol–water partition coefficient (Wildman–Crippen LogP) is 1.86. The molecule has 0 fully saturated rings. The number of hydrogen-bond donors (Lipinski definition) is 1. The number of hydrogen-bond acceptors (Lipinski definition) is 2. The third kappa shape index (κ3) is 2.79. The highest BCUT2D eigenvalue weighted by atomic mass is 19.1. The first-order chi connectivity index (χ1) is 6.27. The topological polar surface area (TPSA) is 35.2 Å². The van der Waals surface area contributed by atoms with Crippen LogP contribution in [0.15, 0.2) is 24.3 Å². The lowest BCUT2D eigenvalue weighted by Gasteiger charge is -2.14. The monoisotopic (exact) mass is 183 g/mol. The van der Waals surface area contributed by atoms with Crippen molar-refractivity contribution in [1.29, 1.82) is 0 Å². The Morgan fingerprint density at radius 3 is 2.85 bits per heavy atom. The van der Waals surface area contributed by atoms with Gasteiger partial charge in [0.25, 0.3) is 0 Å². The van der Waals surface area contributed by atoms with Crippen LogP contribution in [-0.4, -0.2) is 13.2 Å². The molecule has 0 saturated carbocycles. The first kappa shape index (κ1) is 10.2. The van der Waals surface area contributed by atoms with Gasteiger partial charge in [0.2, 0.25) is 0 Å². The van der Waals surface area contributed by atoms with E-state index in [0.29, 0.717) is 13.2 Å². The van der Waals surface area contributed by atoms with E-state index >= 15 is 0 Å². The molecule has 0 aromatic heterocycles. The summed E-state index contributed by atoms with van der Waals surface area (Å²) in [6.45, 7) is 2.84. The Morgan fingerprint density at radius 2 is 2.31 bits per heavy atom. The summed E-state index contributed by atoms with van der Waals surface area (Å²) in [6, 6.07) is 6.33. The van der Waals surface area contributed by atoms with Gasteiger partial charge in [0.1, 0.15) is 5.82 Å². The molecule has 1 atom stereocenters. The number of nitrogens with two attached hydrogens (primary N) is 1.